The molecule has 1 saturated carbocycles. The molecule has 1 amide bonds. The molecule has 0 aromatic heterocycles. The molecule has 0 radical (unpaired) electrons. The van der Waals surface area contributed by atoms with E-state index in [-0.39, 0.29) is 17.7 Å². The molecule has 120 valence electrons. The van der Waals surface area contributed by atoms with Crippen LogP contribution in [0.1, 0.15) is 31.2 Å². The highest BCUT2D eigenvalue weighted by Crippen LogP contribution is 2.32. The fraction of sp³-hybridized carbons (Fsp3) is 0.529. The molecule has 1 aromatic rings. The Morgan fingerprint density at radius 2 is 1.86 bits per heavy atom. The van der Waals surface area contributed by atoms with Crippen LogP contribution < -0.4 is 5.73 Å². The lowest BCUT2D eigenvalue weighted by Gasteiger charge is -2.26. The number of aliphatic carboxylic acids is 1. The van der Waals surface area contributed by atoms with Crippen molar-refractivity contribution >= 4 is 11.9 Å². The molecule has 0 spiro atoms. The first-order valence-corrected chi connectivity index (χ1v) is 7.87. The van der Waals surface area contributed by atoms with Crippen molar-refractivity contribution in [2.24, 2.45) is 17.6 Å². The summed E-state index contributed by atoms with van der Waals surface area (Å²) >= 11 is 0. The van der Waals surface area contributed by atoms with Gasteiger partial charge in [-0.1, -0.05) is 30.3 Å². The monoisotopic (exact) mass is 304 g/mol. The predicted octanol–water partition coefficient (Wildman–Crippen LogP) is 1.86. The van der Waals surface area contributed by atoms with Gasteiger partial charge in [0, 0.05) is 19.0 Å². The number of nitrogens with two attached hydrogens (primary N) is 1. The van der Waals surface area contributed by atoms with Crippen molar-refractivity contribution in [1.29, 1.82) is 0 Å². The third-order valence-electron chi connectivity index (χ3n) is 4.29. The van der Waals surface area contributed by atoms with Gasteiger partial charge in [0.25, 0.3) is 0 Å². The molecule has 1 aliphatic rings. The Labute approximate surface area is 131 Å². The van der Waals surface area contributed by atoms with Crippen LogP contribution in [0.2, 0.25) is 0 Å². The Kier molecular flexibility index (Phi) is 5.95. The zero-order chi connectivity index (χ0) is 15.9. The van der Waals surface area contributed by atoms with Crippen molar-refractivity contribution in [3.05, 3.63) is 35.9 Å². The van der Waals surface area contributed by atoms with Crippen LogP contribution in [0, 0.1) is 11.8 Å². The van der Waals surface area contributed by atoms with E-state index in [1.807, 2.05) is 35.2 Å². The minimum atomic E-state index is -0.785. The molecule has 0 aliphatic heterocycles. The first-order valence-electron chi connectivity index (χ1n) is 7.87. The van der Waals surface area contributed by atoms with Gasteiger partial charge in [0.15, 0.2) is 0 Å². The molecule has 1 fully saturated rings. The molecule has 2 atom stereocenters. The second-order valence-corrected chi connectivity index (χ2v) is 5.93. The smallest absolute Gasteiger partial charge is 0.306 e. The van der Waals surface area contributed by atoms with Crippen LogP contribution in [0.5, 0.6) is 0 Å². The molecular formula is C17H24N2O3. The third kappa shape index (κ3) is 4.31. The van der Waals surface area contributed by atoms with Gasteiger partial charge < -0.3 is 15.7 Å². The first kappa shape index (κ1) is 16.5. The maximum Gasteiger partial charge on any atom is 0.306 e. The Morgan fingerprint density at radius 1 is 1.18 bits per heavy atom. The predicted molar refractivity (Wildman–Crippen MR) is 84.0 cm³/mol. The van der Waals surface area contributed by atoms with Gasteiger partial charge in [-0.2, -0.15) is 0 Å². The summed E-state index contributed by atoms with van der Waals surface area (Å²) in [6.07, 6.45) is 2.49. The summed E-state index contributed by atoms with van der Waals surface area (Å²) in [6, 6.07) is 9.85. The van der Waals surface area contributed by atoms with Gasteiger partial charge in [0.1, 0.15) is 0 Å². The summed E-state index contributed by atoms with van der Waals surface area (Å²) in [5, 5.41) is 9.09. The lowest BCUT2D eigenvalue weighted by molar-refractivity contribution is -0.141. The van der Waals surface area contributed by atoms with Crippen LogP contribution in [0.4, 0.5) is 0 Å². The second kappa shape index (κ2) is 7.94. The van der Waals surface area contributed by atoms with Gasteiger partial charge >= 0.3 is 5.97 Å². The number of nitrogens with zero attached hydrogens (tertiary/aromatic N) is 1. The van der Waals surface area contributed by atoms with Crippen LogP contribution in [-0.4, -0.2) is 35.0 Å². The van der Waals surface area contributed by atoms with Crippen molar-refractivity contribution < 1.29 is 14.7 Å². The Balaban J connectivity index is 2.01. The molecule has 3 N–H and O–H groups in total. The highest BCUT2D eigenvalue weighted by atomic mass is 16.4. The van der Waals surface area contributed by atoms with Crippen LogP contribution >= 0.6 is 0 Å². The standard InChI is InChI=1S/C17H24N2O3/c18-9-4-10-19(12-13-5-2-1-3-6-13)16(20)14-7-8-15(11-14)17(21)22/h1-3,5-6,14-15H,4,7-12,18H2,(H,21,22)/t14-,15+/m1/s1. The summed E-state index contributed by atoms with van der Waals surface area (Å²) in [7, 11) is 0. The SMILES string of the molecule is NCCCN(Cc1ccccc1)C(=O)[C@@H]1CC[C@H](C(=O)O)C1. The molecule has 0 bridgehead atoms. The molecule has 5 heteroatoms. The van der Waals surface area contributed by atoms with E-state index in [9.17, 15) is 9.59 Å². The summed E-state index contributed by atoms with van der Waals surface area (Å²) < 4.78 is 0. The zero-order valence-corrected chi connectivity index (χ0v) is 12.8. The average Bonchev–Trinajstić information content (AvgIpc) is 3.02. The van der Waals surface area contributed by atoms with Crippen molar-refractivity contribution in [1.82, 2.24) is 4.90 Å². The van der Waals surface area contributed by atoms with Crippen LogP contribution in [-0.2, 0) is 16.1 Å². The van der Waals surface area contributed by atoms with E-state index in [1.165, 1.54) is 0 Å². The molecule has 0 unspecified atom stereocenters. The maximum atomic E-state index is 12.7. The number of carboxylic acid groups (broad SMARTS) is 1. The summed E-state index contributed by atoms with van der Waals surface area (Å²) in [4.78, 5) is 25.6. The summed E-state index contributed by atoms with van der Waals surface area (Å²) in [6.45, 7) is 1.73. The van der Waals surface area contributed by atoms with E-state index in [0.29, 0.717) is 38.9 Å². The van der Waals surface area contributed by atoms with Gasteiger partial charge in [-0.05, 0) is 37.8 Å². The minimum absolute atomic E-state index is 0.0704. The zero-order valence-electron chi connectivity index (χ0n) is 12.8. The number of carbonyl (C=O) groups excluding carboxylic acids is 1. The van der Waals surface area contributed by atoms with E-state index in [0.717, 1.165) is 12.0 Å². The first-order chi connectivity index (χ1) is 10.6. The fourth-order valence-electron chi connectivity index (χ4n) is 3.04. The number of amides is 1. The summed E-state index contributed by atoms with van der Waals surface area (Å²) in [5.74, 6) is -1.25. The van der Waals surface area contributed by atoms with E-state index >= 15 is 0 Å². The molecule has 0 saturated heterocycles. The third-order valence-corrected chi connectivity index (χ3v) is 4.29. The largest absolute Gasteiger partial charge is 0.481 e. The molecule has 22 heavy (non-hydrogen) atoms. The maximum absolute atomic E-state index is 12.7. The molecule has 2 rings (SSSR count). The molecular weight excluding hydrogens is 280 g/mol. The van der Waals surface area contributed by atoms with Gasteiger partial charge in [-0.3, -0.25) is 9.59 Å². The number of carbonyl (C=O) groups is 2. The molecule has 5 nitrogen and oxygen atoms in total. The van der Waals surface area contributed by atoms with Crippen molar-refractivity contribution in [3.8, 4) is 0 Å². The summed E-state index contributed by atoms with van der Waals surface area (Å²) in [5.41, 5.74) is 6.65. The molecule has 1 aliphatic carbocycles. The van der Waals surface area contributed by atoms with Gasteiger partial charge in [-0.25, -0.2) is 0 Å². The fourth-order valence-corrected chi connectivity index (χ4v) is 3.04. The highest BCUT2D eigenvalue weighted by Gasteiger charge is 2.35. The van der Waals surface area contributed by atoms with E-state index < -0.39 is 5.97 Å². The Morgan fingerprint density at radius 3 is 2.45 bits per heavy atom. The molecule has 0 heterocycles. The van der Waals surface area contributed by atoms with Crippen LogP contribution in [0.15, 0.2) is 30.3 Å². The van der Waals surface area contributed by atoms with E-state index in [4.69, 9.17) is 10.8 Å². The van der Waals surface area contributed by atoms with Crippen molar-refractivity contribution in [2.45, 2.75) is 32.2 Å². The lowest BCUT2D eigenvalue weighted by Crippen LogP contribution is -2.36. The number of carboxylic acids is 1. The lowest BCUT2D eigenvalue weighted by atomic mass is 10.0. The topological polar surface area (TPSA) is 83.6 Å². The van der Waals surface area contributed by atoms with Crippen molar-refractivity contribution in [2.75, 3.05) is 13.1 Å². The number of rotatable bonds is 7. The van der Waals surface area contributed by atoms with Gasteiger partial charge in [0.05, 0.1) is 5.92 Å². The number of hydrogen-bond acceptors (Lipinski definition) is 3. The van der Waals surface area contributed by atoms with Gasteiger partial charge in [-0.15, -0.1) is 0 Å². The highest BCUT2D eigenvalue weighted by molar-refractivity contribution is 5.81. The Bertz CT molecular complexity index is 504. The van der Waals surface area contributed by atoms with Crippen molar-refractivity contribution in [3.63, 3.8) is 0 Å². The number of hydrogen-bond donors (Lipinski definition) is 2. The number of benzene rings is 1. The average molecular weight is 304 g/mol. The van der Waals surface area contributed by atoms with Crippen LogP contribution in [0.25, 0.3) is 0 Å². The van der Waals surface area contributed by atoms with E-state index in [1.54, 1.807) is 0 Å². The van der Waals surface area contributed by atoms with Gasteiger partial charge in [0.2, 0.25) is 5.91 Å². The van der Waals surface area contributed by atoms with Crippen LogP contribution in [0.3, 0.4) is 0 Å². The Hall–Kier alpha value is -1.88. The normalized spacial score (nSPS) is 20.8. The minimum Gasteiger partial charge on any atom is -0.481 e. The van der Waals surface area contributed by atoms with E-state index in [2.05, 4.69) is 0 Å². The quantitative estimate of drug-likeness (QED) is 0.805. The molecule has 1 aromatic carbocycles. The second-order valence-electron chi connectivity index (χ2n) is 5.93.